The first-order chi connectivity index (χ1) is 10.6. The molecular weight excluding hydrogens is 300 g/mol. The zero-order valence-electron chi connectivity index (χ0n) is 12.5. The number of benzene rings is 2. The van der Waals surface area contributed by atoms with Crippen molar-refractivity contribution in [3.8, 4) is 5.75 Å². The molecule has 0 aliphatic rings. The summed E-state index contributed by atoms with van der Waals surface area (Å²) in [5.41, 5.74) is 4.97. The number of hydrogen-bond donors (Lipinski definition) is 1. The number of hydrazone groups is 1. The molecule has 0 atom stereocenters. The van der Waals surface area contributed by atoms with Gasteiger partial charge in [0.25, 0.3) is 5.91 Å². The van der Waals surface area contributed by atoms with Gasteiger partial charge in [0.15, 0.2) is 0 Å². The smallest absolute Gasteiger partial charge is 0.271 e. The third-order valence-electron chi connectivity index (χ3n) is 3.07. The Morgan fingerprint density at radius 1 is 1.14 bits per heavy atom. The van der Waals surface area contributed by atoms with Gasteiger partial charge in [0.2, 0.25) is 0 Å². The fourth-order valence-corrected chi connectivity index (χ4v) is 2.02. The van der Waals surface area contributed by atoms with E-state index in [1.807, 2.05) is 31.2 Å². The Bertz CT molecular complexity index is 664. The van der Waals surface area contributed by atoms with Crippen LogP contribution in [-0.4, -0.2) is 18.7 Å². The molecule has 0 bridgehead atoms. The van der Waals surface area contributed by atoms with Gasteiger partial charge in [-0.2, -0.15) is 5.10 Å². The van der Waals surface area contributed by atoms with Crippen molar-refractivity contribution in [2.45, 2.75) is 13.3 Å². The van der Waals surface area contributed by atoms with Gasteiger partial charge in [-0.25, -0.2) is 5.43 Å². The summed E-state index contributed by atoms with van der Waals surface area (Å²) in [4.78, 5) is 11.9. The van der Waals surface area contributed by atoms with Gasteiger partial charge in [0.1, 0.15) is 5.75 Å². The molecule has 2 aromatic rings. The maximum Gasteiger partial charge on any atom is 0.271 e. The summed E-state index contributed by atoms with van der Waals surface area (Å²) in [7, 11) is 1.63. The molecule has 1 amide bonds. The van der Waals surface area contributed by atoms with Crippen molar-refractivity contribution in [1.29, 1.82) is 0 Å². The molecule has 2 aromatic carbocycles. The second kappa shape index (κ2) is 7.61. The van der Waals surface area contributed by atoms with E-state index in [0.29, 0.717) is 17.0 Å². The van der Waals surface area contributed by atoms with Gasteiger partial charge in [-0.1, -0.05) is 23.7 Å². The van der Waals surface area contributed by atoms with E-state index in [4.69, 9.17) is 16.3 Å². The molecule has 0 unspecified atom stereocenters. The summed E-state index contributed by atoms with van der Waals surface area (Å²) in [6.07, 6.45) is 0.658. The Kier molecular flexibility index (Phi) is 5.55. The molecule has 0 saturated heterocycles. The molecule has 5 heteroatoms. The SMILES string of the molecule is COc1ccc(C/C(C)=N\NC(=O)c2ccc(Cl)cc2)cc1. The third-order valence-corrected chi connectivity index (χ3v) is 3.33. The van der Waals surface area contributed by atoms with Crippen LogP contribution in [0.1, 0.15) is 22.8 Å². The highest BCUT2D eigenvalue weighted by Crippen LogP contribution is 2.12. The molecule has 0 heterocycles. The molecule has 0 radical (unpaired) electrons. The van der Waals surface area contributed by atoms with E-state index in [2.05, 4.69) is 10.5 Å². The van der Waals surface area contributed by atoms with Crippen LogP contribution in [-0.2, 0) is 6.42 Å². The second-order valence-corrected chi connectivity index (χ2v) is 5.26. The van der Waals surface area contributed by atoms with Crippen LogP contribution in [0.25, 0.3) is 0 Å². The number of methoxy groups -OCH3 is 1. The number of carbonyl (C=O) groups excluding carboxylic acids is 1. The Morgan fingerprint density at radius 2 is 1.77 bits per heavy atom. The van der Waals surface area contributed by atoms with E-state index in [0.717, 1.165) is 17.0 Å². The summed E-state index contributed by atoms with van der Waals surface area (Å²) >= 11 is 5.79. The van der Waals surface area contributed by atoms with Crippen molar-refractivity contribution >= 4 is 23.2 Å². The van der Waals surface area contributed by atoms with E-state index >= 15 is 0 Å². The van der Waals surface area contributed by atoms with Gasteiger partial charge < -0.3 is 4.74 Å². The number of halogens is 1. The van der Waals surface area contributed by atoms with E-state index in [1.54, 1.807) is 31.4 Å². The third kappa shape index (κ3) is 4.60. The van der Waals surface area contributed by atoms with Crippen LogP contribution in [0.5, 0.6) is 5.75 Å². The molecule has 114 valence electrons. The summed E-state index contributed by atoms with van der Waals surface area (Å²) in [6.45, 7) is 1.87. The predicted molar refractivity (Wildman–Crippen MR) is 88.7 cm³/mol. The van der Waals surface area contributed by atoms with Crippen molar-refractivity contribution in [2.24, 2.45) is 5.10 Å². The maximum atomic E-state index is 11.9. The van der Waals surface area contributed by atoms with Gasteiger partial charge in [-0.15, -0.1) is 0 Å². The summed E-state index contributed by atoms with van der Waals surface area (Å²) < 4.78 is 5.11. The van der Waals surface area contributed by atoms with Crippen LogP contribution in [0, 0.1) is 0 Å². The molecule has 0 saturated carbocycles. The van der Waals surface area contributed by atoms with Crippen LogP contribution in [0.2, 0.25) is 5.02 Å². The largest absolute Gasteiger partial charge is 0.497 e. The Morgan fingerprint density at radius 3 is 2.36 bits per heavy atom. The molecule has 0 aliphatic heterocycles. The number of carbonyl (C=O) groups is 1. The van der Waals surface area contributed by atoms with Gasteiger partial charge in [0, 0.05) is 22.7 Å². The minimum absolute atomic E-state index is 0.259. The molecule has 0 fully saturated rings. The average Bonchev–Trinajstić information content (AvgIpc) is 2.54. The van der Waals surface area contributed by atoms with E-state index in [9.17, 15) is 4.79 Å². The standard InChI is InChI=1S/C17H17ClN2O2/c1-12(11-13-3-9-16(22-2)10-4-13)19-20-17(21)14-5-7-15(18)8-6-14/h3-10H,11H2,1-2H3,(H,20,21)/b19-12-. The topological polar surface area (TPSA) is 50.7 Å². The molecule has 0 aliphatic carbocycles. The second-order valence-electron chi connectivity index (χ2n) is 4.82. The first kappa shape index (κ1) is 16.0. The van der Waals surface area contributed by atoms with E-state index < -0.39 is 0 Å². The van der Waals surface area contributed by atoms with Crippen LogP contribution >= 0.6 is 11.6 Å². The lowest BCUT2D eigenvalue weighted by molar-refractivity contribution is 0.0954. The Hall–Kier alpha value is -2.33. The summed E-state index contributed by atoms with van der Waals surface area (Å²) in [6, 6.07) is 14.4. The highest BCUT2D eigenvalue weighted by Gasteiger charge is 2.04. The Balaban J connectivity index is 1.94. The lowest BCUT2D eigenvalue weighted by Crippen LogP contribution is -2.19. The summed E-state index contributed by atoms with van der Waals surface area (Å²) in [5.74, 6) is 0.556. The van der Waals surface area contributed by atoms with Gasteiger partial charge in [-0.3, -0.25) is 4.79 Å². The molecule has 22 heavy (non-hydrogen) atoms. The van der Waals surface area contributed by atoms with Crippen molar-refractivity contribution in [3.05, 3.63) is 64.7 Å². The minimum Gasteiger partial charge on any atom is -0.497 e. The fraction of sp³-hybridized carbons (Fsp3) is 0.176. The number of nitrogens with zero attached hydrogens (tertiary/aromatic N) is 1. The molecular formula is C17H17ClN2O2. The molecule has 4 nitrogen and oxygen atoms in total. The van der Waals surface area contributed by atoms with E-state index in [-0.39, 0.29) is 5.91 Å². The van der Waals surface area contributed by atoms with Crippen molar-refractivity contribution < 1.29 is 9.53 Å². The van der Waals surface area contributed by atoms with E-state index in [1.165, 1.54) is 0 Å². The van der Waals surface area contributed by atoms with Crippen LogP contribution < -0.4 is 10.2 Å². The van der Waals surface area contributed by atoms with Crippen molar-refractivity contribution in [2.75, 3.05) is 7.11 Å². The number of amides is 1. The molecule has 2 rings (SSSR count). The number of ether oxygens (including phenoxy) is 1. The zero-order chi connectivity index (χ0) is 15.9. The predicted octanol–water partition coefficient (Wildman–Crippen LogP) is 3.70. The first-order valence-electron chi connectivity index (χ1n) is 6.80. The lowest BCUT2D eigenvalue weighted by atomic mass is 10.1. The summed E-state index contributed by atoms with van der Waals surface area (Å²) in [5, 5.41) is 4.71. The number of rotatable bonds is 5. The fourth-order valence-electron chi connectivity index (χ4n) is 1.89. The quantitative estimate of drug-likeness (QED) is 0.675. The number of hydrogen-bond acceptors (Lipinski definition) is 3. The lowest BCUT2D eigenvalue weighted by Gasteiger charge is -2.05. The Labute approximate surface area is 134 Å². The average molecular weight is 317 g/mol. The maximum absolute atomic E-state index is 11.9. The van der Waals surface area contributed by atoms with Crippen molar-refractivity contribution in [3.63, 3.8) is 0 Å². The highest BCUT2D eigenvalue weighted by atomic mass is 35.5. The first-order valence-corrected chi connectivity index (χ1v) is 7.18. The van der Waals surface area contributed by atoms with Crippen molar-refractivity contribution in [1.82, 2.24) is 5.43 Å². The van der Waals surface area contributed by atoms with Crippen LogP contribution in [0.15, 0.2) is 53.6 Å². The van der Waals surface area contributed by atoms with Gasteiger partial charge in [0.05, 0.1) is 7.11 Å². The van der Waals surface area contributed by atoms with Gasteiger partial charge >= 0.3 is 0 Å². The monoisotopic (exact) mass is 316 g/mol. The molecule has 1 N–H and O–H groups in total. The normalized spacial score (nSPS) is 11.1. The molecule has 0 spiro atoms. The minimum atomic E-state index is -0.259. The zero-order valence-corrected chi connectivity index (χ0v) is 13.2. The highest BCUT2D eigenvalue weighted by molar-refractivity contribution is 6.30. The van der Waals surface area contributed by atoms with Gasteiger partial charge in [-0.05, 0) is 48.9 Å². The molecule has 0 aromatic heterocycles. The van der Waals surface area contributed by atoms with Crippen LogP contribution in [0.4, 0.5) is 0 Å². The number of nitrogens with one attached hydrogen (secondary N) is 1. The van der Waals surface area contributed by atoms with Crippen LogP contribution in [0.3, 0.4) is 0 Å².